The van der Waals surface area contributed by atoms with E-state index in [0.29, 0.717) is 17.2 Å². The molecule has 5 aromatic rings. The molecular formula is C29H26ClF3N8O. The molecule has 13 heteroatoms. The maximum Gasteiger partial charge on any atom is 0.417 e. The molecule has 9 nitrogen and oxygen atoms in total. The number of alkyl halides is 3. The van der Waals surface area contributed by atoms with Crippen LogP contribution in [0.1, 0.15) is 5.56 Å². The van der Waals surface area contributed by atoms with Gasteiger partial charge in [-0.05, 0) is 61.6 Å². The maximum absolute atomic E-state index is 13.1. The van der Waals surface area contributed by atoms with Crippen LogP contribution < -0.4 is 15.5 Å². The van der Waals surface area contributed by atoms with Crippen molar-refractivity contribution in [2.45, 2.75) is 6.18 Å². The molecule has 6 rings (SSSR count). The van der Waals surface area contributed by atoms with Crippen molar-refractivity contribution in [3.8, 4) is 22.8 Å². The number of carbonyl (C=O) groups excluding carboxylic acids is 1. The number of rotatable bonds is 5. The lowest BCUT2D eigenvalue weighted by molar-refractivity contribution is -0.137. The fourth-order valence-corrected chi connectivity index (χ4v) is 5.04. The molecule has 1 fully saturated rings. The molecular weight excluding hydrogens is 569 g/mol. The van der Waals surface area contributed by atoms with Gasteiger partial charge in [0.25, 0.3) is 0 Å². The molecule has 42 heavy (non-hydrogen) atoms. The zero-order valence-electron chi connectivity index (χ0n) is 22.4. The number of H-pyrrole nitrogens is 2. The highest BCUT2D eigenvalue weighted by Gasteiger charge is 2.33. The summed E-state index contributed by atoms with van der Waals surface area (Å²) in [6.45, 7) is 4.03. The minimum atomic E-state index is -4.63. The second-order valence-electron chi connectivity index (χ2n) is 10.1. The highest BCUT2D eigenvalue weighted by Crippen LogP contribution is 2.36. The second-order valence-corrected chi connectivity index (χ2v) is 10.5. The van der Waals surface area contributed by atoms with E-state index < -0.39 is 22.8 Å². The molecule has 2 amide bonds. The Morgan fingerprint density at radius 1 is 0.929 bits per heavy atom. The summed E-state index contributed by atoms with van der Waals surface area (Å²) in [5.74, 6) is 0.671. The van der Waals surface area contributed by atoms with Gasteiger partial charge in [0.05, 0.1) is 27.3 Å². The average molecular weight is 595 g/mol. The number of hydrogen-bond acceptors (Lipinski definition) is 5. The Hall–Kier alpha value is -4.55. The number of nitrogens with one attached hydrogen (secondary N) is 4. The minimum Gasteiger partial charge on any atom is -0.369 e. The Labute approximate surface area is 243 Å². The van der Waals surface area contributed by atoms with E-state index in [1.54, 1.807) is 24.3 Å². The van der Waals surface area contributed by atoms with E-state index in [4.69, 9.17) is 16.6 Å². The maximum atomic E-state index is 13.1. The van der Waals surface area contributed by atoms with Crippen LogP contribution >= 0.6 is 11.6 Å². The van der Waals surface area contributed by atoms with Crippen molar-refractivity contribution in [3.63, 3.8) is 0 Å². The lowest BCUT2D eigenvalue weighted by Gasteiger charge is -2.34. The molecule has 0 saturated carbocycles. The fourth-order valence-electron chi connectivity index (χ4n) is 4.82. The Kier molecular flexibility index (Phi) is 7.25. The number of aromatic nitrogens is 4. The summed E-state index contributed by atoms with van der Waals surface area (Å²) in [6.07, 6.45) is -4.63. The summed E-state index contributed by atoms with van der Waals surface area (Å²) in [5, 5.41) is 12.0. The molecule has 216 valence electrons. The van der Waals surface area contributed by atoms with Gasteiger partial charge in [0.15, 0.2) is 5.82 Å². The van der Waals surface area contributed by atoms with E-state index in [1.165, 1.54) is 6.07 Å². The molecule has 3 heterocycles. The van der Waals surface area contributed by atoms with Gasteiger partial charge in [-0.15, -0.1) is 0 Å². The quantitative estimate of drug-likeness (QED) is 0.181. The molecule has 0 spiro atoms. The van der Waals surface area contributed by atoms with Crippen LogP contribution in [0.25, 0.3) is 33.8 Å². The largest absolute Gasteiger partial charge is 0.417 e. The summed E-state index contributed by atoms with van der Waals surface area (Å²) in [6, 6.07) is 17.5. The number of aromatic amines is 2. The standard InChI is InChI=1S/C29H26ClF3N8O/c1-40-10-12-41(13-11-40)20-7-9-23-25(15-20)37-27(36-23)26-16-24(38-39-26)17-2-4-18(5-3-17)34-28(42)35-19-6-8-22(30)21(14-19)29(31,32)33/h2-9,14-16H,10-13H2,1H3,(H,36,37)(H,38,39)(H2,34,35,42). The predicted molar refractivity (Wildman–Crippen MR) is 158 cm³/mol. The zero-order chi connectivity index (χ0) is 29.4. The van der Waals surface area contributed by atoms with E-state index >= 15 is 0 Å². The van der Waals surface area contributed by atoms with Gasteiger partial charge in [0.1, 0.15) is 5.69 Å². The first kappa shape index (κ1) is 27.6. The number of amides is 2. The molecule has 0 aliphatic carbocycles. The first-order valence-electron chi connectivity index (χ1n) is 13.2. The third-order valence-corrected chi connectivity index (χ3v) is 7.46. The van der Waals surface area contributed by atoms with E-state index in [1.807, 2.05) is 12.1 Å². The van der Waals surface area contributed by atoms with Gasteiger partial charge >= 0.3 is 12.2 Å². The molecule has 2 aromatic heterocycles. The van der Waals surface area contributed by atoms with Gasteiger partial charge in [0, 0.05) is 48.8 Å². The summed E-state index contributed by atoms with van der Waals surface area (Å²) in [7, 11) is 2.13. The van der Waals surface area contributed by atoms with Crippen molar-refractivity contribution >= 4 is 45.7 Å². The van der Waals surface area contributed by atoms with Crippen LogP contribution in [-0.4, -0.2) is 64.3 Å². The summed E-state index contributed by atoms with van der Waals surface area (Å²) >= 11 is 5.64. The summed E-state index contributed by atoms with van der Waals surface area (Å²) < 4.78 is 39.3. The predicted octanol–water partition coefficient (Wildman–Crippen LogP) is 6.69. The van der Waals surface area contributed by atoms with Gasteiger partial charge in [-0.2, -0.15) is 18.3 Å². The number of carbonyl (C=O) groups is 1. The smallest absolute Gasteiger partial charge is 0.369 e. The minimum absolute atomic E-state index is 0.0361. The fraction of sp³-hybridized carbons (Fsp3) is 0.207. The zero-order valence-corrected chi connectivity index (χ0v) is 23.1. The first-order valence-corrected chi connectivity index (χ1v) is 13.5. The van der Waals surface area contributed by atoms with Crippen molar-refractivity contribution in [2.75, 3.05) is 48.8 Å². The SMILES string of the molecule is CN1CCN(c2ccc3nc(-c4cc(-c5ccc(NC(=O)Nc6ccc(Cl)c(C(F)(F)F)c6)cc5)n[nH]4)[nH]c3c2)CC1. The average Bonchev–Trinajstić information content (AvgIpc) is 3.61. The van der Waals surface area contributed by atoms with Crippen molar-refractivity contribution in [1.29, 1.82) is 0 Å². The van der Waals surface area contributed by atoms with Crippen LogP contribution in [-0.2, 0) is 6.18 Å². The lowest BCUT2D eigenvalue weighted by Crippen LogP contribution is -2.44. The van der Waals surface area contributed by atoms with Crippen LogP contribution in [0.4, 0.5) is 35.0 Å². The molecule has 4 N–H and O–H groups in total. The molecule has 0 unspecified atom stereocenters. The number of hydrogen-bond donors (Lipinski definition) is 4. The van der Waals surface area contributed by atoms with Crippen LogP contribution in [0.2, 0.25) is 5.02 Å². The number of fused-ring (bicyclic) bond motifs is 1. The van der Waals surface area contributed by atoms with E-state index in [9.17, 15) is 18.0 Å². The van der Waals surface area contributed by atoms with Gasteiger partial charge in [-0.3, -0.25) is 5.10 Å². The van der Waals surface area contributed by atoms with Crippen molar-refractivity contribution in [2.24, 2.45) is 0 Å². The number of piperazine rings is 1. The first-order chi connectivity index (χ1) is 20.1. The van der Waals surface area contributed by atoms with Crippen molar-refractivity contribution in [1.82, 2.24) is 25.1 Å². The molecule has 3 aromatic carbocycles. The Bertz CT molecular complexity index is 1740. The van der Waals surface area contributed by atoms with E-state index in [2.05, 4.69) is 54.8 Å². The van der Waals surface area contributed by atoms with Crippen LogP contribution in [0.15, 0.2) is 66.7 Å². The molecule has 1 aliphatic rings. The number of halogens is 4. The Morgan fingerprint density at radius 2 is 1.64 bits per heavy atom. The highest BCUT2D eigenvalue weighted by atomic mass is 35.5. The molecule has 0 atom stereocenters. The Balaban J connectivity index is 1.11. The Morgan fingerprint density at radius 3 is 2.38 bits per heavy atom. The highest BCUT2D eigenvalue weighted by molar-refractivity contribution is 6.31. The van der Waals surface area contributed by atoms with E-state index in [-0.39, 0.29) is 5.69 Å². The van der Waals surface area contributed by atoms with Crippen LogP contribution in [0.3, 0.4) is 0 Å². The number of imidazole rings is 1. The number of urea groups is 1. The van der Waals surface area contributed by atoms with E-state index in [0.717, 1.165) is 66.3 Å². The van der Waals surface area contributed by atoms with Crippen LogP contribution in [0.5, 0.6) is 0 Å². The van der Waals surface area contributed by atoms with Gasteiger partial charge in [-0.25, -0.2) is 9.78 Å². The number of likely N-dealkylation sites (N-methyl/N-ethyl adjacent to an activating group) is 1. The normalized spacial score (nSPS) is 14.4. The number of nitrogens with zero attached hydrogens (tertiary/aromatic N) is 4. The van der Waals surface area contributed by atoms with Crippen LogP contribution in [0, 0.1) is 0 Å². The molecule has 0 radical (unpaired) electrons. The topological polar surface area (TPSA) is 105 Å². The van der Waals surface area contributed by atoms with Gasteiger partial charge in [0.2, 0.25) is 0 Å². The summed E-state index contributed by atoms with van der Waals surface area (Å²) in [5.41, 5.74) is 4.56. The van der Waals surface area contributed by atoms with Crippen molar-refractivity contribution in [3.05, 3.63) is 77.3 Å². The third kappa shape index (κ3) is 5.90. The van der Waals surface area contributed by atoms with Crippen molar-refractivity contribution < 1.29 is 18.0 Å². The monoisotopic (exact) mass is 594 g/mol. The number of benzene rings is 3. The van der Waals surface area contributed by atoms with Gasteiger partial charge < -0.3 is 25.4 Å². The lowest BCUT2D eigenvalue weighted by atomic mass is 10.1. The third-order valence-electron chi connectivity index (χ3n) is 7.14. The summed E-state index contributed by atoms with van der Waals surface area (Å²) in [4.78, 5) is 25.2. The molecule has 0 bridgehead atoms. The number of anilines is 3. The molecule has 1 aliphatic heterocycles. The molecule has 1 saturated heterocycles. The second kappa shape index (κ2) is 11.0. The van der Waals surface area contributed by atoms with Gasteiger partial charge in [-0.1, -0.05) is 23.7 Å².